The van der Waals surface area contributed by atoms with E-state index >= 15 is 0 Å². The van der Waals surface area contributed by atoms with Gasteiger partial charge in [0.2, 0.25) is 5.91 Å². The zero-order valence-corrected chi connectivity index (χ0v) is 21.7. The zero-order valence-electron chi connectivity index (χ0n) is 19.4. The number of nitrogens with zero attached hydrogens (tertiary/aromatic N) is 3. The summed E-state index contributed by atoms with van der Waals surface area (Å²) >= 11 is 13.4. The summed E-state index contributed by atoms with van der Waals surface area (Å²) in [7, 11) is 0. The number of aromatic nitrogens is 3. The molecule has 4 rings (SSSR count). The molecule has 0 aliphatic rings. The molecule has 7 nitrogen and oxygen atoms in total. The van der Waals surface area contributed by atoms with Crippen molar-refractivity contribution in [2.24, 2.45) is 0 Å². The number of anilines is 1. The highest BCUT2D eigenvalue weighted by molar-refractivity contribution is 7.99. The lowest BCUT2D eigenvalue weighted by atomic mass is 10.1. The predicted octanol–water partition coefficient (Wildman–Crippen LogP) is 6.15. The van der Waals surface area contributed by atoms with Crippen LogP contribution < -0.4 is 10.6 Å². The standard InChI is InChI=1S/C26H23Cl2N5O2S/c1-3-13-33-24(16(2)29-25(35)20-12-11-18(27)14-21(20)28)31-32-26(33)36-15-23(34)30-22-10-6-8-17-7-4-5-9-19(17)22/h3-12,14,16H,1,13,15H2,2H3,(H,29,35)(H,30,34)/t16-/m1/s1. The SMILES string of the molecule is C=CCn1c(SCC(=O)Nc2cccc3ccccc23)nnc1[C@@H](C)NC(=O)c1ccc(Cl)cc1Cl. The highest BCUT2D eigenvalue weighted by Gasteiger charge is 2.21. The van der Waals surface area contributed by atoms with Gasteiger partial charge in [-0.2, -0.15) is 0 Å². The van der Waals surface area contributed by atoms with Crippen LogP contribution in [-0.2, 0) is 11.3 Å². The van der Waals surface area contributed by atoms with E-state index < -0.39 is 6.04 Å². The van der Waals surface area contributed by atoms with E-state index in [1.807, 2.05) is 47.0 Å². The molecule has 0 aliphatic carbocycles. The molecule has 0 radical (unpaired) electrons. The van der Waals surface area contributed by atoms with Crippen molar-refractivity contribution in [3.05, 3.63) is 94.8 Å². The van der Waals surface area contributed by atoms with E-state index in [1.54, 1.807) is 25.1 Å². The van der Waals surface area contributed by atoms with Gasteiger partial charge in [0.15, 0.2) is 11.0 Å². The molecule has 1 atom stereocenters. The van der Waals surface area contributed by atoms with Crippen LogP contribution in [0, 0.1) is 0 Å². The average molecular weight is 540 g/mol. The molecule has 0 saturated heterocycles. The van der Waals surface area contributed by atoms with E-state index in [0.29, 0.717) is 28.1 Å². The van der Waals surface area contributed by atoms with Crippen molar-refractivity contribution in [2.45, 2.75) is 24.7 Å². The molecule has 0 unspecified atom stereocenters. The third kappa shape index (κ3) is 5.90. The van der Waals surface area contributed by atoms with Crippen LogP contribution in [0.15, 0.2) is 78.5 Å². The van der Waals surface area contributed by atoms with Crippen molar-refractivity contribution in [2.75, 3.05) is 11.1 Å². The van der Waals surface area contributed by atoms with Crippen molar-refractivity contribution in [1.82, 2.24) is 20.1 Å². The molecule has 0 spiro atoms. The van der Waals surface area contributed by atoms with E-state index in [2.05, 4.69) is 27.4 Å². The van der Waals surface area contributed by atoms with Crippen molar-refractivity contribution >= 4 is 63.2 Å². The van der Waals surface area contributed by atoms with Crippen LogP contribution in [-0.4, -0.2) is 32.3 Å². The fraction of sp³-hybridized carbons (Fsp3) is 0.154. The highest BCUT2D eigenvalue weighted by atomic mass is 35.5. The summed E-state index contributed by atoms with van der Waals surface area (Å²) in [5.41, 5.74) is 1.06. The van der Waals surface area contributed by atoms with Gasteiger partial charge in [-0.05, 0) is 36.6 Å². The second-order valence-electron chi connectivity index (χ2n) is 7.92. The number of benzene rings is 3. The highest BCUT2D eigenvalue weighted by Crippen LogP contribution is 2.26. The summed E-state index contributed by atoms with van der Waals surface area (Å²) in [6.07, 6.45) is 1.71. The van der Waals surface area contributed by atoms with Crippen molar-refractivity contribution in [3.8, 4) is 0 Å². The number of thioether (sulfide) groups is 1. The van der Waals surface area contributed by atoms with Crippen LogP contribution in [0.2, 0.25) is 10.0 Å². The van der Waals surface area contributed by atoms with Gasteiger partial charge in [-0.3, -0.25) is 9.59 Å². The largest absolute Gasteiger partial charge is 0.342 e. The van der Waals surface area contributed by atoms with E-state index in [4.69, 9.17) is 23.2 Å². The number of carbonyl (C=O) groups is 2. The molecule has 0 aliphatic heterocycles. The van der Waals surface area contributed by atoms with E-state index in [0.717, 1.165) is 16.5 Å². The smallest absolute Gasteiger partial charge is 0.253 e. The Kier molecular flexibility index (Phi) is 8.30. The minimum atomic E-state index is -0.476. The summed E-state index contributed by atoms with van der Waals surface area (Å²) in [6.45, 7) is 6.02. The van der Waals surface area contributed by atoms with E-state index in [1.165, 1.54) is 17.8 Å². The van der Waals surface area contributed by atoms with Crippen LogP contribution in [0.3, 0.4) is 0 Å². The summed E-state index contributed by atoms with van der Waals surface area (Å²) in [6, 6.07) is 17.9. The molecule has 10 heteroatoms. The first-order valence-corrected chi connectivity index (χ1v) is 12.8. The molecule has 0 saturated carbocycles. The van der Waals surface area contributed by atoms with Crippen LogP contribution in [0.4, 0.5) is 5.69 Å². The molecule has 1 heterocycles. The number of allylic oxidation sites excluding steroid dienone is 1. The Morgan fingerprint density at radius 1 is 1.11 bits per heavy atom. The topological polar surface area (TPSA) is 88.9 Å². The number of amides is 2. The van der Waals surface area contributed by atoms with Gasteiger partial charge in [0.05, 0.1) is 22.4 Å². The number of fused-ring (bicyclic) bond motifs is 1. The molecule has 2 amide bonds. The molecule has 0 fully saturated rings. The molecule has 2 N–H and O–H groups in total. The Hall–Kier alpha value is -3.33. The van der Waals surface area contributed by atoms with Crippen molar-refractivity contribution in [1.29, 1.82) is 0 Å². The van der Waals surface area contributed by atoms with Crippen LogP contribution in [0.5, 0.6) is 0 Å². The van der Waals surface area contributed by atoms with E-state index in [9.17, 15) is 9.59 Å². The van der Waals surface area contributed by atoms with Gasteiger partial charge in [-0.25, -0.2) is 0 Å². The summed E-state index contributed by atoms with van der Waals surface area (Å²) in [5, 5.41) is 17.6. The van der Waals surface area contributed by atoms with Gasteiger partial charge in [0, 0.05) is 22.6 Å². The van der Waals surface area contributed by atoms with Crippen LogP contribution >= 0.6 is 35.0 Å². The first-order valence-electron chi connectivity index (χ1n) is 11.1. The lowest BCUT2D eigenvalue weighted by Gasteiger charge is -2.16. The number of rotatable bonds is 9. The summed E-state index contributed by atoms with van der Waals surface area (Å²) in [4.78, 5) is 25.5. The zero-order chi connectivity index (χ0) is 25.7. The number of hydrogen-bond donors (Lipinski definition) is 2. The second-order valence-corrected chi connectivity index (χ2v) is 9.71. The third-order valence-corrected chi connectivity index (χ3v) is 6.88. The van der Waals surface area contributed by atoms with Gasteiger partial charge in [0.1, 0.15) is 0 Å². The third-order valence-electron chi connectivity index (χ3n) is 5.36. The Bertz CT molecular complexity index is 1430. The normalized spacial score (nSPS) is 11.8. The van der Waals surface area contributed by atoms with Gasteiger partial charge in [-0.15, -0.1) is 16.8 Å². The Morgan fingerprint density at radius 2 is 1.89 bits per heavy atom. The summed E-state index contributed by atoms with van der Waals surface area (Å²) in [5.74, 6) is 0.149. The maximum atomic E-state index is 12.7. The van der Waals surface area contributed by atoms with Gasteiger partial charge < -0.3 is 15.2 Å². The number of hydrogen-bond acceptors (Lipinski definition) is 5. The van der Waals surface area contributed by atoms with E-state index in [-0.39, 0.29) is 22.6 Å². The van der Waals surface area contributed by atoms with Crippen molar-refractivity contribution < 1.29 is 9.59 Å². The number of carbonyl (C=O) groups excluding carboxylic acids is 2. The molecule has 3 aromatic carbocycles. The van der Waals surface area contributed by atoms with Gasteiger partial charge >= 0.3 is 0 Å². The van der Waals surface area contributed by atoms with Crippen LogP contribution in [0.25, 0.3) is 10.8 Å². The number of nitrogens with one attached hydrogen (secondary N) is 2. The molecule has 184 valence electrons. The minimum absolute atomic E-state index is 0.139. The molecule has 0 bridgehead atoms. The fourth-order valence-electron chi connectivity index (χ4n) is 3.69. The lowest BCUT2D eigenvalue weighted by molar-refractivity contribution is -0.113. The Labute approximate surface area is 222 Å². The number of halogens is 2. The maximum Gasteiger partial charge on any atom is 0.253 e. The summed E-state index contributed by atoms with van der Waals surface area (Å²) < 4.78 is 1.82. The Balaban J connectivity index is 1.44. The first kappa shape index (κ1) is 25.8. The van der Waals surface area contributed by atoms with Gasteiger partial charge in [0.25, 0.3) is 5.91 Å². The van der Waals surface area contributed by atoms with Crippen LogP contribution in [0.1, 0.15) is 29.1 Å². The molecular formula is C26H23Cl2N5O2S. The molecule has 1 aromatic heterocycles. The first-order chi connectivity index (χ1) is 17.4. The monoisotopic (exact) mass is 539 g/mol. The molecule has 36 heavy (non-hydrogen) atoms. The van der Waals surface area contributed by atoms with Crippen molar-refractivity contribution in [3.63, 3.8) is 0 Å². The fourth-order valence-corrected chi connectivity index (χ4v) is 4.94. The predicted molar refractivity (Wildman–Crippen MR) is 146 cm³/mol. The Morgan fingerprint density at radius 3 is 2.67 bits per heavy atom. The molecular weight excluding hydrogens is 517 g/mol. The second kappa shape index (κ2) is 11.6. The quantitative estimate of drug-likeness (QED) is 0.197. The maximum absolute atomic E-state index is 12.7. The lowest BCUT2D eigenvalue weighted by Crippen LogP contribution is -2.29. The average Bonchev–Trinajstić information content (AvgIpc) is 3.26. The van der Waals surface area contributed by atoms with Gasteiger partial charge in [-0.1, -0.05) is 77.4 Å². The minimum Gasteiger partial charge on any atom is -0.342 e. The molecule has 4 aromatic rings.